The van der Waals surface area contributed by atoms with E-state index in [0.29, 0.717) is 0 Å². The monoisotopic (exact) mass is 470 g/mol. The van der Waals surface area contributed by atoms with Crippen LogP contribution in [-0.2, 0) is 16.2 Å². The maximum absolute atomic E-state index is 2.45. The second-order valence-electron chi connectivity index (χ2n) is 12.0. The van der Waals surface area contributed by atoms with Gasteiger partial charge in [0, 0.05) is 24.9 Å². The lowest BCUT2D eigenvalue weighted by molar-refractivity contribution is 0.584. The van der Waals surface area contributed by atoms with Crippen LogP contribution in [0.15, 0.2) is 60.7 Å². The van der Waals surface area contributed by atoms with E-state index in [4.69, 9.17) is 0 Å². The molecule has 2 heteroatoms. The van der Waals surface area contributed by atoms with E-state index < -0.39 is 0 Å². The van der Waals surface area contributed by atoms with Crippen LogP contribution in [0.2, 0.25) is 0 Å². The van der Waals surface area contributed by atoms with E-state index in [1.807, 2.05) is 22.7 Å². The molecule has 170 valence electrons. The summed E-state index contributed by atoms with van der Waals surface area (Å²) >= 11 is 3.84. The summed E-state index contributed by atoms with van der Waals surface area (Å²) in [5, 5.41) is 0. The first-order valence-corrected chi connectivity index (χ1v) is 13.5. The molecule has 0 nitrogen and oxygen atoms in total. The lowest BCUT2D eigenvalue weighted by Gasteiger charge is -2.25. The zero-order chi connectivity index (χ0) is 23.8. The highest BCUT2D eigenvalue weighted by Gasteiger charge is 2.36. The Labute approximate surface area is 207 Å². The van der Waals surface area contributed by atoms with E-state index in [2.05, 4.69) is 116 Å². The summed E-state index contributed by atoms with van der Waals surface area (Å²) < 4.78 is 0. The molecule has 2 aromatic heterocycles. The quantitative estimate of drug-likeness (QED) is 0.273. The van der Waals surface area contributed by atoms with Crippen LogP contribution in [0.25, 0.3) is 31.3 Å². The van der Waals surface area contributed by atoms with Crippen LogP contribution in [-0.4, -0.2) is 0 Å². The number of thiophene rings is 2. The Hall–Kier alpha value is -2.16. The van der Waals surface area contributed by atoms with Crippen molar-refractivity contribution in [3.05, 3.63) is 82.2 Å². The van der Waals surface area contributed by atoms with Crippen LogP contribution in [0.3, 0.4) is 0 Å². The van der Waals surface area contributed by atoms with Gasteiger partial charge in [0.15, 0.2) is 0 Å². The standard InChI is InChI=1S/C31H34S2/c1-29(2,3)20-10-12-22-21-11-9-19(17-23(21)31(7,8)24(22)18-20)25-13-14-26(32-25)27-15-16-28(33-27)30(4,5)6/h9-18H,1-8H3. The summed E-state index contributed by atoms with van der Waals surface area (Å²) in [6.07, 6.45) is 0. The molecule has 0 atom stereocenters. The van der Waals surface area contributed by atoms with Crippen molar-refractivity contribution in [1.29, 1.82) is 0 Å². The van der Waals surface area contributed by atoms with Crippen LogP contribution >= 0.6 is 22.7 Å². The van der Waals surface area contributed by atoms with E-state index in [-0.39, 0.29) is 16.2 Å². The van der Waals surface area contributed by atoms with Crippen molar-refractivity contribution in [2.45, 2.75) is 71.6 Å². The molecule has 0 saturated carbocycles. The summed E-state index contributed by atoms with van der Waals surface area (Å²) in [6, 6.07) is 23.4. The fraction of sp³-hybridized carbons (Fsp3) is 0.355. The first-order chi connectivity index (χ1) is 15.4. The third kappa shape index (κ3) is 3.82. The smallest absolute Gasteiger partial charge is 0.0449 e. The Morgan fingerprint density at radius 3 is 1.79 bits per heavy atom. The first kappa shape index (κ1) is 22.6. The van der Waals surface area contributed by atoms with E-state index in [1.165, 1.54) is 52.9 Å². The molecular weight excluding hydrogens is 436 g/mol. The zero-order valence-electron chi connectivity index (χ0n) is 21.1. The van der Waals surface area contributed by atoms with Crippen molar-refractivity contribution in [2.75, 3.05) is 0 Å². The highest BCUT2D eigenvalue weighted by Crippen LogP contribution is 2.51. The molecule has 0 aliphatic heterocycles. The molecule has 0 amide bonds. The maximum Gasteiger partial charge on any atom is 0.0449 e. The third-order valence-corrected chi connectivity index (χ3v) is 9.86. The lowest BCUT2D eigenvalue weighted by Crippen LogP contribution is -2.17. The Kier molecular flexibility index (Phi) is 5.09. The molecule has 2 heterocycles. The number of fused-ring (bicyclic) bond motifs is 3. The molecule has 0 spiro atoms. The predicted octanol–water partition coefficient (Wildman–Crippen LogP) is 10.0. The Morgan fingerprint density at radius 2 is 1.15 bits per heavy atom. The van der Waals surface area contributed by atoms with Crippen LogP contribution in [0, 0.1) is 0 Å². The topological polar surface area (TPSA) is 0 Å². The Bertz CT molecular complexity index is 1350. The van der Waals surface area contributed by atoms with Crippen LogP contribution in [0.5, 0.6) is 0 Å². The van der Waals surface area contributed by atoms with Crippen molar-refractivity contribution in [2.24, 2.45) is 0 Å². The molecule has 1 aliphatic rings. The van der Waals surface area contributed by atoms with Gasteiger partial charge in [-0.15, -0.1) is 22.7 Å². The van der Waals surface area contributed by atoms with Crippen molar-refractivity contribution < 1.29 is 0 Å². The number of hydrogen-bond acceptors (Lipinski definition) is 2. The van der Waals surface area contributed by atoms with Crippen molar-refractivity contribution >= 4 is 22.7 Å². The molecule has 4 aromatic rings. The fourth-order valence-corrected chi connectivity index (χ4v) is 7.01. The van der Waals surface area contributed by atoms with Gasteiger partial charge in [0.1, 0.15) is 0 Å². The van der Waals surface area contributed by atoms with E-state index in [0.717, 1.165) is 0 Å². The molecular formula is C31H34S2. The van der Waals surface area contributed by atoms with Gasteiger partial charge in [-0.3, -0.25) is 0 Å². The summed E-state index contributed by atoms with van der Waals surface area (Å²) in [5.74, 6) is 0. The van der Waals surface area contributed by atoms with Crippen LogP contribution < -0.4 is 0 Å². The minimum atomic E-state index is 0.0113. The second-order valence-corrected chi connectivity index (χ2v) is 14.1. The van der Waals surface area contributed by atoms with Gasteiger partial charge in [-0.1, -0.05) is 85.7 Å². The molecule has 0 saturated heterocycles. The molecule has 1 aliphatic carbocycles. The van der Waals surface area contributed by atoms with Crippen LogP contribution in [0.4, 0.5) is 0 Å². The van der Waals surface area contributed by atoms with E-state index in [9.17, 15) is 0 Å². The Morgan fingerprint density at radius 1 is 0.576 bits per heavy atom. The van der Waals surface area contributed by atoms with Gasteiger partial charge in [-0.2, -0.15) is 0 Å². The summed E-state index contributed by atoms with van der Waals surface area (Å²) in [6.45, 7) is 18.5. The van der Waals surface area contributed by atoms with Gasteiger partial charge in [0.25, 0.3) is 0 Å². The van der Waals surface area contributed by atoms with Crippen LogP contribution in [0.1, 0.15) is 77.0 Å². The van der Waals surface area contributed by atoms with Gasteiger partial charge in [0.2, 0.25) is 0 Å². The minimum Gasteiger partial charge on any atom is -0.139 e. The van der Waals surface area contributed by atoms with Gasteiger partial charge in [-0.05, 0) is 74.5 Å². The SMILES string of the molecule is CC(C)(C)c1ccc2c(c1)C(C)(C)c1cc(-c3ccc(-c4ccc(C(C)(C)C)s4)s3)ccc1-2. The van der Waals surface area contributed by atoms with Crippen molar-refractivity contribution in [1.82, 2.24) is 0 Å². The molecule has 5 rings (SSSR count). The number of rotatable bonds is 2. The summed E-state index contributed by atoms with van der Waals surface area (Å²) in [5.41, 5.74) is 8.81. The van der Waals surface area contributed by atoms with E-state index >= 15 is 0 Å². The maximum atomic E-state index is 2.45. The van der Waals surface area contributed by atoms with Gasteiger partial charge >= 0.3 is 0 Å². The fourth-order valence-electron chi connectivity index (χ4n) is 4.86. The molecule has 0 radical (unpaired) electrons. The summed E-state index contributed by atoms with van der Waals surface area (Å²) in [7, 11) is 0. The normalized spacial score (nSPS) is 14.9. The minimum absolute atomic E-state index is 0.0113. The Balaban J connectivity index is 1.52. The highest BCUT2D eigenvalue weighted by molar-refractivity contribution is 7.24. The highest BCUT2D eigenvalue weighted by atomic mass is 32.1. The van der Waals surface area contributed by atoms with E-state index in [1.54, 1.807) is 0 Å². The molecule has 0 bridgehead atoms. The number of hydrogen-bond donors (Lipinski definition) is 0. The van der Waals surface area contributed by atoms with Gasteiger partial charge < -0.3 is 0 Å². The van der Waals surface area contributed by atoms with Crippen molar-refractivity contribution in [3.8, 4) is 31.3 Å². The predicted molar refractivity (Wildman–Crippen MR) is 148 cm³/mol. The second kappa shape index (κ2) is 7.42. The van der Waals surface area contributed by atoms with Crippen molar-refractivity contribution in [3.63, 3.8) is 0 Å². The molecule has 0 unspecified atom stereocenters. The molecule has 2 aromatic carbocycles. The average Bonchev–Trinajstić information content (AvgIpc) is 3.45. The average molecular weight is 471 g/mol. The molecule has 0 fully saturated rings. The number of benzene rings is 2. The zero-order valence-corrected chi connectivity index (χ0v) is 22.7. The molecule has 0 N–H and O–H groups in total. The first-order valence-electron chi connectivity index (χ1n) is 11.9. The van der Waals surface area contributed by atoms with Gasteiger partial charge in [-0.25, -0.2) is 0 Å². The third-order valence-electron chi connectivity index (χ3n) is 7.02. The summed E-state index contributed by atoms with van der Waals surface area (Å²) in [4.78, 5) is 5.53. The lowest BCUT2D eigenvalue weighted by atomic mass is 9.79. The molecule has 33 heavy (non-hydrogen) atoms. The largest absolute Gasteiger partial charge is 0.139 e. The van der Waals surface area contributed by atoms with Gasteiger partial charge in [0.05, 0.1) is 0 Å².